The average Bonchev–Trinajstić information content (AvgIpc) is 2.78. The molecule has 0 radical (unpaired) electrons. The lowest BCUT2D eigenvalue weighted by atomic mass is 10.0. The van der Waals surface area contributed by atoms with Crippen molar-refractivity contribution < 1.29 is 8.42 Å². The molecule has 32 heavy (non-hydrogen) atoms. The highest BCUT2D eigenvalue weighted by molar-refractivity contribution is 7.89. The fraction of sp³-hybridized carbons (Fsp3) is 0.192. The predicted molar refractivity (Wildman–Crippen MR) is 128 cm³/mol. The maximum Gasteiger partial charge on any atom is 0.252 e. The summed E-state index contributed by atoms with van der Waals surface area (Å²) in [5.74, 6) is 0. The number of aromatic amines is 1. The third-order valence-electron chi connectivity index (χ3n) is 5.61. The Morgan fingerprint density at radius 2 is 1.53 bits per heavy atom. The van der Waals surface area contributed by atoms with Crippen molar-refractivity contribution in [1.29, 1.82) is 0 Å². The molecule has 1 aromatic heterocycles. The standard InChI is InChI=1S/C26H26N2O3S/c1-19-15-20(2)24-17-22(26(29)27-25(24)16-19)18-28(14-13-21-9-5-3-6-10-21)32(30,31)23-11-7-4-8-12-23/h3-12,15-17H,13-14,18H2,1-2H3,(H,27,29). The summed E-state index contributed by atoms with van der Waals surface area (Å²) in [7, 11) is -3.78. The SMILES string of the molecule is Cc1cc(C)c2cc(CN(CCc3ccccc3)S(=O)(=O)c3ccccc3)c(=O)[nH]c2c1. The van der Waals surface area contributed by atoms with Gasteiger partial charge in [-0.2, -0.15) is 4.31 Å². The van der Waals surface area contributed by atoms with Gasteiger partial charge in [0.25, 0.3) is 5.56 Å². The van der Waals surface area contributed by atoms with E-state index in [1.165, 1.54) is 4.31 Å². The summed E-state index contributed by atoms with van der Waals surface area (Å²) in [5, 5.41) is 0.922. The van der Waals surface area contributed by atoms with Gasteiger partial charge in [0.15, 0.2) is 0 Å². The van der Waals surface area contributed by atoms with E-state index < -0.39 is 10.0 Å². The molecule has 0 spiro atoms. The minimum atomic E-state index is -3.78. The van der Waals surface area contributed by atoms with Crippen molar-refractivity contribution in [2.75, 3.05) is 6.54 Å². The maximum atomic E-state index is 13.5. The van der Waals surface area contributed by atoms with Crippen LogP contribution in [0.5, 0.6) is 0 Å². The summed E-state index contributed by atoms with van der Waals surface area (Å²) in [4.78, 5) is 16.0. The van der Waals surface area contributed by atoms with E-state index >= 15 is 0 Å². The molecule has 164 valence electrons. The molecule has 1 heterocycles. The number of aryl methyl sites for hydroxylation is 2. The summed E-state index contributed by atoms with van der Waals surface area (Å²) in [6.45, 7) is 4.25. The fourth-order valence-corrected chi connectivity index (χ4v) is 5.39. The number of hydrogen-bond donors (Lipinski definition) is 1. The van der Waals surface area contributed by atoms with Gasteiger partial charge < -0.3 is 4.98 Å². The zero-order valence-electron chi connectivity index (χ0n) is 18.2. The minimum absolute atomic E-state index is 0.00263. The molecule has 4 aromatic rings. The van der Waals surface area contributed by atoms with E-state index in [2.05, 4.69) is 11.1 Å². The number of rotatable bonds is 7. The fourth-order valence-electron chi connectivity index (χ4n) is 3.95. The molecular formula is C26H26N2O3S. The number of H-pyrrole nitrogens is 1. The molecule has 0 amide bonds. The number of aromatic nitrogens is 1. The molecule has 0 bridgehead atoms. The summed E-state index contributed by atoms with van der Waals surface area (Å²) >= 11 is 0. The number of hydrogen-bond acceptors (Lipinski definition) is 3. The van der Waals surface area contributed by atoms with Crippen LogP contribution in [0.2, 0.25) is 0 Å². The molecule has 0 unspecified atom stereocenters. The van der Waals surface area contributed by atoms with Gasteiger partial charge in [-0.05, 0) is 61.2 Å². The third-order valence-corrected chi connectivity index (χ3v) is 7.47. The van der Waals surface area contributed by atoms with Crippen LogP contribution in [0.1, 0.15) is 22.3 Å². The third kappa shape index (κ3) is 4.66. The van der Waals surface area contributed by atoms with Crippen molar-refractivity contribution in [3.8, 4) is 0 Å². The Morgan fingerprint density at radius 3 is 2.22 bits per heavy atom. The van der Waals surface area contributed by atoms with Gasteiger partial charge in [0.1, 0.15) is 0 Å². The van der Waals surface area contributed by atoms with Crippen molar-refractivity contribution in [2.24, 2.45) is 0 Å². The van der Waals surface area contributed by atoms with E-state index in [-0.39, 0.29) is 23.5 Å². The average molecular weight is 447 g/mol. The van der Waals surface area contributed by atoms with Gasteiger partial charge in [-0.15, -0.1) is 0 Å². The zero-order valence-corrected chi connectivity index (χ0v) is 19.0. The Labute approximate surface area is 188 Å². The van der Waals surface area contributed by atoms with Crippen LogP contribution in [0.4, 0.5) is 0 Å². The number of benzene rings is 3. The second-order valence-corrected chi connectivity index (χ2v) is 9.99. The first-order valence-electron chi connectivity index (χ1n) is 10.6. The second kappa shape index (κ2) is 9.10. The molecule has 0 saturated heterocycles. The van der Waals surface area contributed by atoms with Crippen LogP contribution in [-0.4, -0.2) is 24.3 Å². The topological polar surface area (TPSA) is 70.2 Å². The Balaban J connectivity index is 1.73. The first-order valence-corrected chi connectivity index (χ1v) is 12.0. The Morgan fingerprint density at radius 1 is 0.875 bits per heavy atom. The van der Waals surface area contributed by atoms with Crippen LogP contribution >= 0.6 is 0 Å². The normalized spacial score (nSPS) is 11.8. The van der Waals surface area contributed by atoms with E-state index in [0.29, 0.717) is 12.0 Å². The smallest absolute Gasteiger partial charge is 0.252 e. The number of nitrogens with one attached hydrogen (secondary N) is 1. The van der Waals surface area contributed by atoms with E-state index in [0.717, 1.165) is 27.6 Å². The van der Waals surface area contributed by atoms with E-state index in [1.54, 1.807) is 30.3 Å². The molecule has 5 nitrogen and oxygen atoms in total. The molecule has 3 aromatic carbocycles. The molecule has 0 aliphatic rings. The summed E-state index contributed by atoms with van der Waals surface area (Å²) < 4.78 is 28.3. The van der Waals surface area contributed by atoms with Crippen molar-refractivity contribution in [3.05, 3.63) is 111 Å². The van der Waals surface area contributed by atoms with Gasteiger partial charge in [-0.25, -0.2) is 8.42 Å². The highest BCUT2D eigenvalue weighted by atomic mass is 32.2. The lowest BCUT2D eigenvalue weighted by molar-refractivity contribution is 0.408. The van der Waals surface area contributed by atoms with Crippen LogP contribution < -0.4 is 5.56 Å². The largest absolute Gasteiger partial charge is 0.322 e. The first kappa shape index (κ1) is 22.0. The second-order valence-electron chi connectivity index (χ2n) is 8.05. The van der Waals surface area contributed by atoms with E-state index in [9.17, 15) is 13.2 Å². The Bertz CT molecular complexity index is 1400. The lowest BCUT2D eigenvalue weighted by Crippen LogP contribution is -2.34. The van der Waals surface area contributed by atoms with E-state index in [4.69, 9.17) is 0 Å². The summed E-state index contributed by atoms with van der Waals surface area (Å²) in [6, 6.07) is 23.9. The number of pyridine rings is 1. The first-order chi connectivity index (χ1) is 15.3. The van der Waals surface area contributed by atoms with Crippen LogP contribution in [0.3, 0.4) is 0 Å². The van der Waals surface area contributed by atoms with Crippen LogP contribution in [0.15, 0.2) is 88.6 Å². The number of sulfonamides is 1. The van der Waals surface area contributed by atoms with Crippen molar-refractivity contribution in [3.63, 3.8) is 0 Å². The summed E-state index contributed by atoms with van der Waals surface area (Å²) in [6.07, 6.45) is 0.552. The number of nitrogens with zero attached hydrogens (tertiary/aromatic N) is 1. The highest BCUT2D eigenvalue weighted by Crippen LogP contribution is 2.22. The monoisotopic (exact) mass is 446 g/mol. The summed E-state index contributed by atoms with van der Waals surface area (Å²) in [5.41, 5.74) is 4.07. The molecule has 1 N–H and O–H groups in total. The molecule has 6 heteroatoms. The van der Waals surface area contributed by atoms with Gasteiger partial charge in [0, 0.05) is 29.6 Å². The molecule has 0 atom stereocenters. The van der Waals surface area contributed by atoms with Gasteiger partial charge >= 0.3 is 0 Å². The minimum Gasteiger partial charge on any atom is -0.322 e. The maximum absolute atomic E-state index is 13.5. The number of fused-ring (bicyclic) bond motifs is 1. The van der Waals surface area contributed by atoms with Crippen LogP contribution in [0, 0.1) is 13.8 Å². The van der Waals surface area contributed by atoms with Crippen molar-refractivity contribution in [2.45, 2.75) is 31.7 Å². The predicted octanol–water partition coefficient (Wildman–Crippen LogP) is 4.58. The quantitative estimate of drug-likeness (QED) is 0.452. The Hall–Kier alpha value is -3.22. The van der Waals surface area contributed by atoms with Gasteiger partial charge in [0.05, 0.1) is 4.90 Å². The molecule has 0 aliphatic carbocycles. The highest BCUT2D eigenvalue weighted by Gasteiger charge is 2.25. The molecular weight excluding hydrogens is 420 g/mol. The van der Waals surface area contributed by atoms with Crippen molar-refractivity contribution >= 4 is 20.9 Å². The van der Waals surface area contributed by atoms with Crippen molar-refractivity contribution in [1.82, 2.24) is 9.29 Å². The van der Waals surface area contributed by atoms with Crippen LogP contribution in [0.25, 0.3) is 10.9 Å². The molecule has 0 saturated carbocycles. The van der Waals surface area contributed by atoms with E-state index in [1.807, 2.05) is 56.3 Å². The van der Waals surface area contributed by atoms with Gasteiger partial charge in [-0.3, -0.25) is 4.79 Å². The van der Waals surface area contributed by atoms with Crippen LogP contribution in [-0.2, 0) is 23.0 Å². The molecule has 4 rings (SSSR count). The Kier molecular flexibility index (Phi) is 6.26. The van der Waals surface area contributed by atoms with Gasteiger partial charge in [0.2, 0.25) is 10.0 Å². The van der Waals surface area contributed by atoms with Gasteiger partial charge in [-0.1, -0.05) is 54.6 Å². The lowest BCUT2D eigenvalue weighted by Gasteiger charge is -2.22. The molecule has 0 fully saturated rings. The molecule has 0 aliphatic heterocycles. The zero-order chi connectivity index (χ0) is 22.7.